The van der Waals surface area contributed by atoms with Crippen molar-refractivity contribution in [1.82, 2.24) is 9.78 Å². The number of aliphatic carboxylic acids is 1. The average Bonchev–Trinajstić information content (AvgIpc) is 2.97. The van der Waals surface area contributed by atoms with Crippen molar-refractivity contribution in [3.63, 3.8) is 0 Å². The molecule has 0 radical (unpaired) electrons. The molecular formula is C12H13N3O3S. The highest BCUT2D eigenvalue weighted by atomic mass is 32.1. The Bertz CT molecular complexity index is 563. The molecule has 0 aliphatic rings. The van der Waals surface area contributed by atoms with Gasteiger partial charge in [-0.1, -0.05) is 6.07 Å². The van der Waals surface area contributed by atoms with E-state index in [0.717, 1.165) is 4.88 Å². The molecule has 7 heteroatoms. The molecule has 0 fully saturated rings. The molecule has 0 atom stereocenters. The Hall–Kier alpha value is -2.15. The number of aryl methyl sites for hydroxylation is 1. The van der Waals surface area contributed by atoms with Crippen molar-refractivity contribution in [2.75, 3.05) is 5.32 Å². The van der Waals surface area contributed by atoms with Crippen LogP contribution in [0.5, 0.6) is 0 Å². The summed E-state index contributed by atoms with van der Waals surface area (Å²) in [6.45, 7) is -0.217. The van der Waals surface area contributed by atoms with Crippen molar-refractivity contribution in [2.24, 2.45) is 0 Å². The van der Waals surface area contributed by atoms with Crippen LogP contribution in [0, 0.1) is 0 Å². The monoisotopic (exact) mass is 279 g/mol. The third-order valence-corrected chi connectivity index (χ3v) is 3.32. The summed E-state index contributed by atoms with van der Waals surface area (Å²) in [7, 11) is 0. The molecule has 0 unspecified atom stereocenters. The van der Waals surface area contributed by atoms with Gasteiger partial charge in [0.15, 0.2) is 5.82 Å². The van der Waals surface area contributed by atoms with Crippen molar-refractivity contribution < 1.29 is 14.7 Å². The van der Waals surface area contributed by atoms with Gasteiger partial charge in [-0.15, -0.1) is 11.3 Å². The van der Waals surface area contributed by atoms with Crippen molar-refractivity contribution in [3.05, 3.63) is 34.7 Å². The van der Waals surface area contributed by atoms with Gasteiger partial charge in [-0.25, -0.2) is 0 Å². The van der Waals surface area contributed by atoms with Crippen LogP contribution in [0.1, 0.15) is 11.3 Å². The number of carboxylic acids is 1. The molecule has 2 N–H and O–H groups in total. The number of hydrogen-bond acceptors (Lipinski definition) is 4. The summed E-state index contributed by atoms with van der Waals surface area (Å²) in [6, 6.07) is 5.51. The minimum Gasteiger partial charge on any atom is -0.480 e. The van der Waals surface area contributed by atoms with Crippen molar-refractivity contribution in [3.8, 4) is 0 Å². The zero-order chi connectivity index (χ0) is 13.7. The largest absolute Gasteiger partial charge is 0.480 e. The lowest BCUT2D eigenvalue weighted by Crippen LogP contribution is -2.14. The molecule has 2 aromatic rings. The Morgan fingerprint density at radius 1 is 1.42 bits per heavy atom. The maximum Gasteiger partial charge on any atom is 0.325 e. The van der Waals surface area contributed by atoms with E-state index >= 15 is 0 Å². The molecule has 2 aromatic heterocycles. The molecule has 19 heavy (non-hydrogen) atoms. The van der Waals surface area contributed by atoms with Crippen LogP contribution in [0.15, 0.2) is 29.8 Å². The number of anilines is 1. The van der Waals surface area contributed by atoms with E-state index in [1.807, 2.05) is 17.5 Å². The zero-order valence-corrected chi connectivity index (χ0v) is 10.9. The highest BCUT2D eigenvalue weighted by molar-refractivity contribution is 7.09. The minimum absolute atomic E-state index is 0.131. The molecule has 0 aliphatic heterocycles. The SMILES string of the molecule is O=C(O)Cn1ccc(NC(=O)CCc2cccs2)n1. The van der Waals surface area contributed by atoms with Gasteiger partial charge < -0.3 is 10.4 Å². The number of carboxylic acid groups (broad SMARTS) is 1. The Labute approximate surface area is 113 Å². The van der Waals surface area contributed by atoms with Crippen molar-refractivity contribution in [1.29, 1.82) is 0 Å². The van der Waals surface area contributed by atoms with Crippen LogP contribution in [0.2, 0.25) is 0 Å². The first-order valence-electron chi connectivity index (χ1n) is 5.71. The molecule has 0 saturated heterocycles. The minimum atomic E-state index is -0.973. The first kappa shape index (κ1) is 13.3. The second kappa shape index (κ2) is 6.14. The van der Waals surface area contributed by atoms with E-state index in [4.69, 9.17) is 5.11 Å². The topological polar surface area (TPSA) is 84.2 Å². The number of hydrogen-bond donors (Lipinski definition) is 2. The first-order chi connectivity index (χ1) is 9.13. The second-order valence-corrected chi connectivity index (χ2v) is 4.95. The van der Waals surface area contributed by atoms with Gasteiger partial charge in [0.05, 0.1) is 0 Å². The van der Waals surface area contributed by atoms with E-state index in [1.165, 1.54) is 10.9 Å². The van der Waals surface area contributed by atoms with Crippen molar-refractivity contribution >= 4 is 29.0 Å². The molecule has 6 nitrogen and oxygen atoms in total. The third-order valence-electron chi connectivity index (χ3n) is 2.38. The van der Waals surface area contributed by atoms with Gasteiger partial charge in [0, 0.05) is 23.6 Å². The van der Waals surface area contributed by atoms with Crippen LogP contribution in [-0.4, -0.2) is 26.8 Å². The summed E-state index contributed by atoms with van der Waals surface area (Å²) in [6.07, 6.45) is 2.59. The van der Waals surface area contributed by atoms with E-state index in [1.54, 1.807) is 17.4 Å². The maximum absolute atomic E-state index is 11.7. The van der Waals surface area contributed by atoms with Gasteiger partial charge in [0.2, 0.25) is 5.91 Å². The second-order valence-electron chi connectivity index (χ2n) is 3.92. The van der Waals surface area contributed by atoms with Crippen LogP contribution >= 0.6 is 11.3 Å². The Balaban J connectivity index is 1.81. The fraction of sp³-hybridized carbons (Fsp3) is 0.250. The molecule has 100 valence electrons. The summed E-state index contributed by atoms with van der Waals surface area (Å²) >= 11 is 1.62. The molecule has 0 spiro atoms. The molecule has 2 heterocycles. The Kier molecular flexibility index (Phi) is 4.30. The van der Waals surface area contributed by atoms with Crippen molar-refractivity contribution in [2.45, 2.75) is 19.4 Å². The van der Waals surface area contributed by atoms with Crippen LogP contribution in [0.25, 0.3) is 0 Å². The van der Waals surface area contributed by atoms with E-state index in [9.17, 15) is 9.59 Å². The van der Waals surface area contributed by atoms with Gasteiger partial charge in [-0.05, 0) is 17.9 Å². The van der Waals surface area contributed by atoms with Gasteiger partial charge in [-0.3, -0.25) is 14.3 Å². The lowest BCUT2D eigenvalue weighted by molar-refractivity contribution is -0.137. The predicted octanol–water partition coefficient (Wildman–Crippen LogP) is 1.60. The summed E-state index contributed by atoms with van der Waals surface area (Å²) in [5.74, 6) is -0.731. The fourth-order valence-electron chi connectivity index (χ4n) is 1.55. The van der Waals surface area contributed by atoms with Crippen LogP contribution in [0.3, 0.4) is 0 Å². The maximum atomic E-state index is 11.7. The average molecular weight is 279 g/mol. The van der Waals surface area contributed by atoms with Gasteiger partial charge in [-0.2, -0.15) is 5.10 Å². The zero-order valence-electron chi connectivity index (χ0n) is 10.1. The summed E-state index contributed by atoms with van der Waals surface area (Å²) < 4.78 is 1.26. The highest BCUT2D eigenvalue weighted by Gasteiger charge is 2.07. The Morgan fingerprint density at radius 3 is 2.95 bits per heavy atom. The lowest BCUT2D eigenvalue weighted by atomic mass is 10.2. The Morgan fingerprint density at radius 2 is 2.26 bits per heavy atom. The van der Waals surface area contributed by atoms with Crippen LogP contribution < -0.4 is 5.32 Å². The number of thiophene rings is 1. The van der Waals surface area contributed by atoms with Gasteiger partial charge in [0.1, 0.15) is 6.54 Å². The molecule has 2 rings (SSSR count). The number of nitrogens with one attached hydrogen (secondary N) is 1. The molecule has 0 bridgehead atoms. The molecule has 0 aliphatic carbocycles. The number of carbonyl (C=O) groups excluding carboxylic acids is 1. The summed E-state index contributed by atoms with van der Waals surface area (Å²) in [5, 5.41) is 17.2. The smallest absolute Gasteiger partial charge is 0.325 e. The number of aromatic nitrogens is 2. The van der Waals surface area contributed by atoms with E-state index in [0.29, 0.717) is 18.7 Å². The third kappa shape index (κ3) is 4.22. The van der Waals surface area contributed by atoms with Gasteiger partial charge >= 0.3 is 5.97 Å². The van der Waals surface area contributed by atoms with E-state index in [2.05, 4.69) is 10.4 Å². The molecule has 0 aromatic carbocycles. The standard InChI is InChI=1S/C12H13N3O3S/c16-11(4-3-9-2-1-7-19-9)13-10-5-6-15(14-10)8-12(17)18/h1-2,5-7H,3-4,8H2,(H,17,18)(H,13,14,16). The number of rotatable bonds is 6. The highest BCUT2D eigenvalue weighted by Crippen LogP contribution is 2.11. The number of amides is 1. The molecule has 1 amide bonds. The van der Waals surface area contributed by atoms with Crippen LogP contribution in [0.4, 0.5) is 5.82 Å². The number of carbonyl (C=O) groups is 2. The quantitative estimate of drug-likeness (QED) is 0.841. The predicted molar refractivity (Wildman–Crippen MR) is 71.1 cm³/mol. The lowest BCUT2D eigenvalue weighted by Gasteiger charge is -2.01. The summed E-state index contributed by atoms with van der Waals surface area (Å²) in [4.78, 5) is 23.3. The van der Waals surface area contributed by atoms with E-state index < -0.39 is 5.97 Å². The molecular weight excluding hydrogens is 266 g/mol. The van der Waals surface area contributed by atoms with Crippen LogP contribution in [-0.2, 0) is 22.6 Å². The van der Waals surface area contributed by atoms with E-state index in [-0.39, 0.29) is 12.5 Å². The fourth-order valence-corrected chi connectivity index (χ4v) is 2.26. The summed E-state index contributed by atoms with van der Waals surface area (Å²) in [5.41, 5.74) is 0. The molecule has 0 saturated carbocycles. The van der Waals surface area contributed by atoms with Gasteiger partial charge in [0.25, 0.3) is 0 Å². The number of nitrogens with zero attached hydrogens (tertiary/aromatic N) is 2. The normalized spacial score (nSPS) is 10.3. The first-order valence-corrected chi connectivity index (χ1v) is 6.59.